The Morgan fingerprint density at radius 2 is 2.10 bits per heavy atom. The molecule has 1 aromatic carbocycles. The smallest absolute Gasteiger partial charge is 0.337 e. The van der Waals surface area contributed by atoms with E-state index in [0.717, 1.165) is 25.9 Å². The highest BCUT2D eigenvalue weighted by molar-refractivity contribution is 6.01. The zero-order valence-electron chi connectivity index (χ0n) is 11.4. The van der Waals surface area contributed by atoms with Crippen molar-refractivity contribution >= 4 is 11.8 Å². The summed E-state index contributed by atoms with van der Waals surface area (Å²) in [4.78, 5) is 23.9. The standard InChI is InChI=1S/C15H17NO4/c1-19-14(18)10-2-3-11-12(17)9-15(20-13(11)8-10)4-6-16-7-5-15/h2-3,8,16H,4-7,9H2,1H3. The molecule has 2 aliphatic rings. The molecule has 1 fully saturated rings. The van der Waals surface area contributed by atoms with E-state index in [1.165, 1.54) is 7.11 Å². The maximum atomic E-state index is 12.3. The van der Waals surface area contributed by atoms with Crippen LogP contribution in [0.2, 0.25) is 0 Å². The highest BCUT2D eigenvalue weighted by atomic mass is 16.5. The predicted molar refractivity (Wildman–Crippen MR) is 72.2 cm³/mol. The van der Waals surface area contributed by atoms with Gasteiger partial charge in [0.2, 0.25) is 0 Å². The van der Waals surface area contributed by atoms with Gasteiger partial charge in [-0.25, -0.2) is 4.79 Å². The molecule has 1 N–H and O–H groups in total. The van der Waals surface area contributed by atoms with Gasteiger partial charge in [0.15, 0.2) is 5.78 Å². The number of piperidine rings is 1. The van der Waals surface area contributed by atoms with E-state index in [1.54, 1.807) is 18.2 Å². The van der Waals surface area contributed by atoms with Gasteiger partial charge in [-0.3, -0.25) is 4.79 Å². The quantitative estimate of drug-likeness (QED) is 0.788. The van der Waals surface area contributed by atoms with Crippen LogP contribution in [0.25, 0.3) is 0 Å². The predicted octanol–water partition coefficient (Wildman–Crippen LogP) is 1.56. The number of Topliss-reactive ketones (excluding diaryl/α,β-unsaturated/α-hetero) is 1. The van der Waals surface area contributed by atoms with Crippen molar-refractivity contribution in [2.75, 3.05) is 20.2 Å². The molecule has 0 aliphatic carbocycles. The number of ketones is 1. The Morgan fingerprint density at radius 3 is 2.80 bits per heavy atom. The second-order valence-corrected chi connectivity index (χ2v) is 5.34. The minimum atomic E-state index is -0.422. The first-order valence-electron chi connectivity index (χ1n) is 6.79. The fourth-order valence-electron chi connectivity index (χ4n) is 2.90. The molecule has 0 aromatic heterocycles. The summed E-state index contributed by atoms with van der Waals surface area (Å²) in [5.74, 6) is 0.171. The normalized spacial score (nSPS) is 20.1. The van der Waals surface area contributed by atoms with Gasteiger partial charge in [-0.2, -0.15) is 0 Å². The van der Waals surface area contributed by atoms with Crippen LogP contribution in [-0.2, 0) is 4.74 Å². The Hall–Kier alpha value is -1.88. The Balaban J connectivity index is 1.96. The first kappa shape index (κ1) is 13.1. The molecule has 1 aromatic rings. The molecule has 5 nitrogen and oxygen atoms in total. The summed E-state index contributed by atoms with van der Waals surface area (Å²) in [5.41, 5.74) is 0.552. The number of carbonyl (C=O) groups excluding carboxylic acids is 2. The van der Waals surface area contributed by atoms with Gasteiger partial charge < -0.3 is 14.8 Å². The number of fused-ring (bicyclic) bond motifs is 1. The topological polar surface area (TPSA) is 64.6 Å². The van der Waals surface area contributed by atoms with Crippen molar-refractivity contribution in [3.8, 4) is 5.75 Å². The molecule has 5 heteroatoms. The molecule has 20 heavy (non-hydrogen) atoms. The number of methoxy groups -OCH3 is 1. The zero-order chi connectivity index (χ0) is 14.2. The van der Waals surface area contributed by atoms with Crippen LogP contribution in [0, 0.1) is 0 Å². The lowest BCUT2D eigenvalue weighted by Crippen LogP contribution is -2.49. The zero-order valence-corrected chi connectivity index (χ0v) is 11.4. The van der Waals surface area contributed by atoms with Crippen LogP contribution in [0.4, 0.5) is 0 Å². The molecular formula is C15H17NO4. The van der Waals surface area contributed by atoms with Crippen molar-refractivity contribution in [2.45, 2.75) is 24.9 Å². The van der Waals surface area contributed by atoms with Gasteiger partial charge in [0.1, 0.15) is 11.4 Å². The number of carbonyl (C=O) groups is 2. The number of ether oxygens (including phenoxy) is 2. The average molecular weight is 275 g/mol. The van der Waals surface area contributed by atoms with Crippen molar-refractivity contribution in [1.82, 2.24) is 5.32 Å². The van der Waals surface area contributed by atoms with Crippen molar-refractivity contribution in [1.29, 1.82) is 0 Å². The average Bonchev–Trinajstić information content (AvgIpc) is 2.46. The van der Waals surface area contributed by atoms with Crippen molar-refractivity contribution in [2.24, 2.45) is 0 Å². The molecule has 2 aliphatic heterocycles. The third-order valence-electron chi connectivity index (χ3n) is 4.03. The number of nitrogens with one attached hydrogen (secondary N) is 1. The number of benzene rings is 1. The van der Waals surface area contributed by atoms with E-state index in [4.69, 9.17) is 9.47 Å². The Bertz CT molecular complexity index is 561. The summed E-state index contributed by atoms with van der Waals surface area (Å²) < 4.78 is 10.8. The van der Waals surface area contributed by atoms with Crippen molar-refractivity contribution in [3.63, 3.8) is 0 Å². The Kier molecular flexibility index (Phi) is 3.22. The second-order valence-electron chi connectivity index (χ2n) is 5.34. The molecular weight excluding hydrogens is 258 g/mol. The van der Waals surface area contributed by atoms with E-state index in [1.807, 2.05) is 0 Å². The molecule has 0 atom stereocenters. The Labute approximate surface area is 117 Å². The van der Waals surface area contributed by atoms with Gasteiger partial charge in [0.05, 0.1) is 24.7 Å². The number of esters is 1. The molecule has 2 heterocycles. The van der Waals surface area contributed by atoms with Crippen molar-refractivity contribution in [3.05, 3.63) is 29.3 Å². The summed E-state index contributed by atoms with van der Waals surface area (Å²) in [6.45, 7) is 1.69. The van der Waals surface area contributed by atoms with Gasteiger partial charge in [-0.1, -0.05) is 0 Å². The van der Waals surface area contributed by atoms with Gasteiger partial charge in [0.25, 0.3) is 0 Å². The SMILES string of the molecule is COC(=O)c1ccc2c(c1)OC1(CCNCC1)CC2=O. The number of hydrogen-bond donors (Lipinski definition) is 1. The van der Waals surface area contributed by atoms with Crippen LogP contribution >= 0.6 is 0 Å². The number of hydrogen-bond acceptors (Lipinski definition) is 5. The molecule has 0 radical (unpaired) electrons. The molecule has 3 rings (SSSR count). The monoisotopic (exact) mass is 275 g/mol. The van der Waals surface area contributed by atoms with Crippen LogP contribution in [-0.4, -0.2) is 37.6 Å². The largest absolute Gasteiger partial charge is 0.486 e. The van der Waals surface area contributed by atoms with Gasteiger partial charge in [0, 0.05) is 12.8 Å². The highest BCUT2D eigenvalue weighted by Gasteiger charge is 2.41. The van der Waals surface area contributed by atoms with E-state index in [-0.39, 0.29) is 5.78 Å². The van der Waals surface area contributed by atoms with E-state index < -0.39 is 11.6 Å². The fraction of sp³-hybridized carbons (Fsp3) is 0.467. The summed E-state index contributed by atoms with van der Waals surface area (Å²) in [7, 11) is 1.34. The highest BCUT2D eigenvalue weighted by Crippen LogP contribution is 2.38. The fourth-order valence-corrected chi connectivity index (χ4v) is 2.90. The maximum absolute atomic E-state index is 12.3. The van der Waals surface area contributed by atoms with Crippen LogP contribution in [0.5, 0.6) is 5.75 Å². The first-order chi connectivity index (χ1) is 9.63. The molecule has 1 saturated heterocycles. The molecule has 0 amide bonds. The molecule has 0 bridgehead atoms. The lowest BCUT2D eigenvalue weighted by Gasteiger charge is -2.40. The molecule has 0 saturated carbocycles. The van der Waals surface area contributed by atoms with Crippen LogP contribution in [0.1, 0.15) is 40.0 Å². The lowest BCUT2D eigenvalue weighted by molar-refractivity contribution is 0.0184. The van der Waals surface area contributed by atoms with E-state index in [0.29, 0.717) is 23.3 Å². The first-order valence-corrected chi connectivity index (χ1v) is 6.79. The van der Waals surface area contributed by atoms with Crippen LogP contribution in [0.15, 0.2) is 18.2 Å². The Morgan fingerprint density at radius 1 is 1.35 bits per heavy atom. The molecule has 106 valence electrons. The number of rotatable bonds is 1. The van der Waals surface area contributed by atoms with Crippen LogP contribution < -0.4 is 10.1 Å². The van der Waals surface area contributed by atoms with Crippen molar-refractivity contribution < 1.29 is 19.1 Å². The lowest BCUT2D eigenvalue weighted by atomic mass is 9.83. The van der Waals surface area contributed by atoms with E-state index in [2.05, 4.69) is 5.32 Å². The second kappa shape index (κ2) is 4.90. The summed E-state index contributed by atoms with van der Waals surface area (Å²) in [6.07, 6.45) is 2.03. The molecule has 0 unspecified atom stereocenters. The minimum absolute atomic E-state index is 0.0876. The van der Waals surface area contributed by atoms with E-state index >= 15 is 0 Å². The summed E-state index contributed by atoms with van der Waals surface area (Å²) >= 11 is 0. The maximum Gasteiger partial charge on any atom is 0.337 e. The van der Waals surface area contributed by atoms with Gasteiger partial charge in [-0.15, -0.1) is 0 Å². The summed E-state index contributed by atoms with van der Waals surface area (Å²) in [6, 6.07) is 4.87. The molecule has 1 spiro atoms. The van der Waals surface area contributed by atoms with Crippen LogP contribution in [0.3, 0.4) is 0 Å². The summed E-state index contributed by atoms with van der Waals surface area (Å²) in [5, 5.41) is 3.27. The minimum Gasteiger partial charge on any atom is -0.486 e. The van der Waals surface area contributed by atoms with Gasteiger partial charge in [-0.05, 0) is 31.3 Å². The third kappa shape index (κ3) is 2.18. The van der Waals surface area contributed by atoms with E-state index in [9.17, 15) is 9.59 Å². The van der Waals surface area contributed by atoms with Gasteiger partial charge >= 0.3 is 5.97 Å². The third-order valence-corrected chi connectivity index (χ3v) is 4.03.